The van der Waals surface area contributed by atoms with Gasteiger partial charge in [-0.2, -0.15) is 0 Å². The summed E-state index contributed by atoms with van der Waals surface area (Å²) in [4.78, 5) is 10.7. The molecule has 0 atom stereocenters. The first-order chi connectivity index (χ1) is 7.14. The van der Waals surface area contributed by atoms with Crippen LogP contribution < -0.4 is 0 Å². The van der Waals surface area contributed by atoms with Crippen LogP contribution in [0.25, 0.3) is 0 Å². The standard InChI is InChI=1S/C11H11FO3/c12-9-4-2-1-3-8(9)11(5-10(13)14)6-15-7-11/h1-4H,5-7H2,(H,13,14). The molecule has 15 heavy (non-hydrogen) atoms. The van der Waals surface area contributed by atoms with Crippen LogP contribution in [-0.2, 0) is 14.9 Å². The molecule has 4 heteroatoms. The average molecular weight is 210 g/mol. The van der Waals surface area contributed by atoms with E-state index in [9.17, 15) is 9.18 Å². The highest BCUT2D eigenvalue weighted by Crippen LogP contribution is 2.37. The summed E-state index contributed by atoms with van der Waals surface area (Å²) >= 11 is 0. The lowest BCUT2D eigenvalue weighted by Crippen LogP contribution is -2.48. The second-order valence-corrected chi connectivity index (χ2v) is 3.82. The predicted molar refractivity (Wildman–Crippen MR) is 51.1 cm³/mol. The van der Waals surface area contributed by atoms with Crippen molar-refractivity contribution in [2.24, 2.45) is 0 Å². The molecule has 2 rings (SSSR count). The summed E-state index contributed by atoms with van der Waals surface area (Å²) in [6.07, 6.45) is -0.0894. The number of rotatable bonds is 3. The molecule has 0 aliphatic carbocycles. The first-order valence-electron chi connectivity index (χ1n) is 4.69. The fraction of sp³-hybridized carbons (Fsp3) is 0.364. The van der Waals surface area contributed by atoms with Crippen molar-refractivity contribution in [3.8, 4) is 0 Å². The molecule has 0 radical (unpaired) electrons. The van der Waals surface area contributed by atoms with E-state index in [-0.39, 0.29) is 25.5 Å². The number of benzene rings is 1. The van der Waals surface area contributed by atoms with Crippen molar-refractivity contribution < 1.29 is 19.0 Å². The molecule has 0 unspecified atom stereocenters. The van der Waals surface area contributed by atoms with Gasteiger partial charge in [-0.25, -0.2) is 4.39 Å². The molecule has 1 fully saturated rings. The van der Waals surface area contributed by atoms with E-state index in [0.29, 0.717) is 5.56 Å². The van der Waals surface area contributed by atoms with Crippen molar-refractivity contribution in [1.29, 1.82) is 0 Å². The zero-order chi connectivity index (χ0) is 10.9. The quantitative estimate of drug-likeness (QED) is 0.823. The molecule has 1 aromatic carbocycles. The molecular formula is C11H11FO3. The Morgan fingerprint density at radius 1 is 1.47 bits per heavy atom. The van der Waals surface area contributed by atoms with Crippen molar-refractivity contribution in [3.63, 3.8) is 0 Å². The van der Waals surface area contributed by atoms with Gasteiger partial charge in [0.25, 0.3) is 0 Å². The number of hydrogen-bond donors (Lipinski definition) is 1. The molecule has 3 nitrogen and oxygen atoms in total. The first-order valence-corrected chi connectivity index (χ1v) is 4.69. The van der Waals surface area contributed by atoms with Crippen LogP contribution in [-0.4, -0.2) is 24.3 Å². The Hall–Kier alpha value is -1.42. The van der Waals surface area contributed by atoms with E-state index in [1.807, 2.05) is 0 Å². The van der Waals surface area contributed by atoms with Gasteiger partial charge < -0.3 is 9.84 Å². The molecule has 1 aliphatic heterocycles. The Morgan fingerprint density at radius 3 is 2.60 bits per heavy atom. The third-order valence-electron chi connectivity index (χ3n) is 2.69. The van der Waals surface area contributed by atoms with Crippen molar-refractivity contribution >= 4 is 5.97 Å². The molecule has 1 N–H and O–H groups in total. The molecular weight excluding hydrogens is 199 g/mol. The van der Waals surface area contributed by atoms with Crippen molar-refractivity contribution in [2.45, 2.75) is 11.8 Å². The zero-order valence-corrected chi connectivity index (χ0v) is 8.07. The first kappa shape index (κ1) is 10.1. The minimum absolute atomic E-state index is 0.0894. The summed E-state index contributed by atoms with van der Waals surface area (Å²) in [5.74, 6) is -1.29. The number of halogens is 1. The second kappa shape index (κ2) is 3.62. The third kappa shape index (κ3) is 1.72. The summed E-state index contributed by atoms with van der Waals surface area (Å²) < 4.78 is 18.5. The van der Waals surface area contributed by atoms with Crippen LogP contribution in [0.4, 0.5) is 4.39 Å². The monoisotopic (exact) mass is 210 g/mol. The van der Waals surface area contributed by atoms with Gasteiger partial charge in [0.1, 0.15) is 5.82 Å². The number of aliphatic carboxylic acids is 1. The highest BCUT2D eigenvalue weighted by Gasteiger charge is 2.43. The highest BCUT2D eigenvalue weighted by molar-refractivity contribution is 5.69. The van der Waals surface area contributed by atoms with Gasteiger partial charge in [0.15, 0.2) is 0 Å². The van der Waals surface area contributed by atoms with Gasteiger partial charge in [-0.05, 0) is 11.6 Å². The average Bonchev–Trinajstić information content (AvgIpc) is 2.12. The molecule has 0 aromatic heterocycles. The van der Waals surface area contributed by atoms with E-state index in [1.54, 1.807) is 18.2 Å². The highest BCUT2D eigenvalue weighted by atomic mass is 19.1. The topological polar surface area (TPSA) is 46.5 Å². The Bertz CT molecular complexity index is 385. The minimum Gasteiger partial charge on any atom is -0.481 e. The van der Waals surface area contributed by atoms with Crippen LogP contribution in [0.1, 0.15) is 12.0 Å². The van der Waals surface area contributed by atoms with Crippen LogP contribution in [0.5, 0.6) is 0 Å². The maximum absolute atomic E-state index is 13.5. The lowest BCUT2D eigenvalue weighted by Gasteiger charge is -2.40. The van der Waals surface area contributed by atoms with Gasteiger partial charge in [-0.3, -0.25) is 4.79 Å². The van der Waals surface area contributed by atoms with Gasteiger partial charge in [-0.15, -0.1) is 0 Å². The van der Waals surface area contributed by atoms with E-state index in [2.05, 4.69) is 0 Å². The number of ether oxygens (including phenoxy) is 1. The number of carboxylic acid groups (broad SMARTS) is 1. The summed E-state index contributed by atoms with van der Waals surface area (Å²) in [5, 5.41) is 8.79. The second-order valence-electron chi connectivity index (χ2n) is 3.82. The summed E-state index contributed by atoms with van der Waals surface area (Å²) in [7, 11) is 0. The Labute approximate surface area is 86.5 Å². The van der Waals surface area contributed by atoms with Crippen LogP contribution in [0.3, 0.4) is 0 Å². The molecule has 80 valence electrons. The van der Waals surface area contributed by atoms with Crippen LogP contribution in [0, 0.1) is 5.82 Å². The molecule has 1 aromatic rings. The van der Waals surface area contributed by atoms with E-state index < -0.39 is 11.4 Å². The van der Waals surface area contributed by atoms with Crippen LogP contribution in [0.2, 0.25) is 0 Å². The van der Waals surface area contributed by atoms with E-state index in [4.69, 9.17) is 9.84 Å². The number of carboxylic acids is 1. The van der Waals surface area contributed by atoms with Gasteiger partial charge in [0, 0.05) is 0 Å². The van der Waals surface area contributed by atoms with Gasteiger partial charge in [0.2, 0.25) is 0 Å². The van der Waals surface area contributed by atoms with E-state index >= 15 is 0 Å². The molecule has 1 aliphatic rings. The molecule has 0 bridgehead atoms. The fourth-order valence-electron chi connectivity index (χ4n) is 1.88. The lowest BCUT2D eigenvalue weighted by molar-refractivity contribution is -0.145. The van der Waals surface area contributed by atoms with Crippen molar-refractivity contribution in [1.82, 2.24) is 0 Å². The molecule has 1 heterocycles. The van der Waals surface area contributed by atoms with E-state index in [1.165, 1.54) is 6.07 Å². The summed E-state index contributed by atoms with van der Waals surface area (Å²) in [6, 6.07) is 6.27. The Balaban J connectivity index is 2.34. The maximum Gasteiger partial charge on any atom is 0.304 e. The van der Waals surface area contributed by atoms with Crippen LogP contribution in [0.15, 0.2) is 24.3 Å². The van der Waals surface area contributed by atoms with Crippen molar-refractivity contribution in [2.75, 3.05) is 13.2 Å². The van der Waals surface area contributed by atoms with Gasteiger partial charge in [-0.1, -0.05) is 18.2 Å². The van der Waals surface area contributed by atoms with Gasteiger partial charge in [0.05, 0.1) is 25.0 Å². The third-order valence-corrected chi connectivity index (χ3v) is 2.69. The largest absolute Gasteiger partial charge is 0.481 e. The number of hydrogen-bond acceptors (Lipinski definition) is 2. The Kier molecular flexibility index (Phi) is 2.44. The molecule has 1 saturated heterocycles. The van der Waals surface area contributed by atoms with Crippen LogP contribution >= 0.6 is 0 Å². The smallest absolute Gasteiger partial charge is 0.304 e. The SMILES string of the molecule is O=C(O)CC1(c2ccccc2F)COC1. The van der Waals surface area contributed by atoms with E-state index in [0.717, 1.165) is 0 Å². The van der Waals surface area contributed by atoms with Gasteiger partial charge >= 0.3 is 5.97 Å². The normalized spacial score (nSPS) is 18.2. The predicted octanol–water partition coefficient (Wildman–Crippen LogP) is 1.57. The summed E-state index contributed by atoms with van der Waals surface area (Å²) in [6.45, 7) is 0.556. The van der Waals surface area contributed by atoms with Crippen molar-refractivity contribution in [3.05, 3.63) is 35.6 Å². The number of carbonyl (C=O) groups is 1. The lowest BCUT2D eigenvalue weighted by atomic mass is 9.75. The fourth-order valence-corrected chi connectivity index (χ4v) is 1.88. The molecule has 0 amide bonds. The maximum atomic E-state index is 13.5. The molecule has 0 saturated carbocycles. The Morgan fingerprint density at radius 2 is 2.13 bits per heavy atom. The zero-order valence-electron chi connectivity index (χ0n) is 8.07. The summed E-state index contributed by atoms with van der Waals surface area (Å²) in [5.41, 5.74) is -0.226. The molecule has 0 spiro atoms. The minimum atomic E-state index is -0.929.